The van der Waals surface area contributed by atoms with E-state index >= 15 is 0 Å². The Hall–Kier alpha value is -0.990. The Bertz CT molecular complexity index is 506. The maximum atomic E-state index is 6.15. The summed E-state index contributed by atoms with van der Waals surface area (Å²) >= 11 is 12.1. The predicted molar refractivity (Wildman–Crippen MR) is 71.8 cm³/mol. The average Bonchev–Trinajstić information content (AvgIpc) is 2.72. The molecule has 1 heterocycles. The van der Waals surface area contributed by atoms with Gasteiger partial charge in [0, 0.05) is 28.9 Å². The highest BCUT2D eigenvalue weighted by atomic mass is 35.5. The monoisotopic (exact) mass is 268 g/mol. The summed E-state index contributed by atoms with van der Waals surface area (Å²) in [5.74, 6) is 1.09. The molecule has 0 spiro atoms. The number of aromatic nitrogens is 2. The Morgan fingerprint density at radius 1 is 1.29 bits per heavy atom. The smallest absolute Gasteiger partial charge is 0.108 e. The Morgan fingerprint density at radius 3 is 2.88 bits per heavy atom. The third kappa shape index (κ3) is 3.02. The maximum Gasteiger partial charge on any atom is 0.108 e. The third-order valence-electron chi connectivity index (χ3n) is 2.62. The van der Waals surface area contributed by atoms with Crippen LogP contribution in [0.5, 0.6) is 0 Å². The zero-order valence-electron chi connectivity index (χ0n) is 9.66. The number of aryl methyl sites for hydroxylation is 1. The molecule has 17 heavy (non-hydrogen) atoms. The van der Waals surface area contributed by atoms with E-state index in [1.165, 1.54) is 0 Å². The number of benzene rings is 1. The van der Waals surface area contributed by atoms with E-state index in [0.717, 1.165) is 29.3 Å². The summed E-state index contributed by atoms with van der Waals surface area (Å²) in [4.78, 5) is 4.34. The Morgan fingerprint density at radius 2 is 2.12 bits per heavy atom. The first-order chi connectivity index (χ1) is 8.20. The molecule has 4 heteroatoms. The fourth-order valence-electron chi connectivity index (χ4n) is 1.78. The van der Waals surface area contributed by atoms with Crippen LogP contribution >= 0.6 is 23.2 Å². The summed E-state index contributed by atoms with van der Waals surface area (Å²) < 4.78 is 2.11. The van der Waals surface area contributed by atoms with Crippen molar-refractivity contribution in [1.29, 1.82) is 0 Å². The molecule has 0 bridgehead atoms. The zero-order valence-corrected chi connectivity index (χ0v) is 11.2. The fourth-order valence-corrected chi connectivity index (χ4v) is 2.16. The lowest BCUT2D eigenvalue weighted by Gasteiger charge is -2.09. The van der Waals surface area contributed by atoms with Crippen molar-refractivity contribution in [1.82, 2.24) is 9.55 Å². The molecule has 0 fully saturated rings. The van der Waals surface area contributed by atoms with E-state index in [9.17, 15) is 0 Å². The fraction of sp³-hybridized carbons (Fsp3) is 0.308. The molecule has 0 radical (unpaired) electrons. The molecule has 2 aromatic rings. The van der Waals surface area contributed by atoms with Gasteiger partial charge in [-0.2, -0.15) is 0 Å². The Balaban J connectivity index is 2.25. The average molecular weight is 269 g/mol. The minimum absolute atomic E-state index is 0.710. The first-order valence-corrected chi connectivity index (χ1v) is 6.40. The number of nitrogens with zero attached hydrogens (tertiary/aromatic N) is 2. The lowest BCUT2D eigenvalue weighted by molar-refractivity contribution is 0.705. The summed E-state index contributed by atoms with van der Waals surface area (Å²) in [7, 11) is 0. The number of hydrogen-bond acceptors (Lipinski definition) is 1. The molecule has 2 nitrogen and oxygen atoms in total. The molecule has 0 aliphatic carbocycles. The molecule has 90 valence electrons. The molecule has 0 aliphatic rings. The van der Waals surface area contributed by atoms with Crippen LogP contribution in [0.1, 0.15) is 24.7 Å². The van der Waals surface area contributed by atoms with Gasteiger partial charge in [-0.1, -0.05) is 30.1 Å². The molecule has 0 amide bonds. The summed E-state index contributed by atoms with van der Waals surface area (Å²) in [5.41, 5.74) is 1.02. The third-order valence-corrected chi connectivity index (χ3v) is 3.23. The molecule has 2 rings (SSSR count). The SMILES string of the molecule is CCCc1nccn1Cc1cc(Cl)ccc1Cl. The van der Waals surface area contributed by atoms with Crippen LogP contribution in [0.2, 0.25) is 10.0 Å². The molecule has 0 N–H and O–H groups in total. The van der Waals surface area contributed by atoms with Crippen molar-refractivity contribution in [3.05, 3.63) is 52.0 Å². The molecular formula is C13H14Cl2N2. The van der Waals surface area contributed by atoms with Crippen LogP contribution in [0.15, 0.2) is 30.6 Å². The van der Waals surface area contributed by atoms with Crippen LogP contribution in [0, 0.1) is 0 Å². The highest BCUT2D eigenvalue weighted by Crippen LogP contribution is 2.22. The van der Waals surface area contributed by atoms with Gasteiger partial charge in [0.2, 0.25) is 0 Å². The molecular weight excluding hydrogens is 255 g/mol. The molecule has 1 aromatic carbocycles. The second-order valence-electron chi connectivity index (χ2n) is 3.96. The van der Waals surface area contributed by atoms with Crippen molar-refractivity contribution in [3.8, 4) is 0 Å². The molecule has 0 unspecified atom stereocenters. The zero-order chi connectivity index (χ0) is 12.3. The van der Waals surface area contributed by atoms with Crippen LogP contribution in [-0.4, -0.2) is 9.55 Å². The molecule has 0 saturated heterocycles. The van der Waals surface area contributed by atoms with Crippen LogP contribution < -0.4 is 0 Å². The molecule has 0 aliphatic heterocycles. The molecule has 0 saturated carbocycles. The van der Waals surface area contributed by atoms with E-state index in [2.05, 4.69) is 16.5 Å². The van der Waals surface area contributed by atoms with Gasteiger partial charge >= 0.3 is 0 Å². The molecule has 0 atom stereocenters. The van der Waals surface area contributed by atoms with E-state index in [1.54, 1.807) is 6.07 Å². The number of halogens is 2. The van der Waals surface area contributed by atoms with Gasteiger partial charge in [-0.25, -0.2) is 4.98 Å². The van der Waals surface area contributed by atoms with Gasteiger partial charge in [-0.3, -0.25) is 0 Å². The van der Waals surface area contributed by atoms with Gasteiger partial charge < -0.3 is 4.57 Å². The number of rotatable bonds is 4. The minimum Gasteiger partial charge on any atom is -0.330 e. The van der Waals surface area contributed by atoms with Crippen molar-refractivity contribution >= 4 is 23.2 Å². The van der Waals surface area contributed by atoms with E-state index in [4.69, 9.17) is 23.2 Å². The van der Waals surface area contributed by atoms with Gasteiger partial charge in [0.05, 0.1) is 6.54 Å². The highest BCUT2D eigenvalue weighted by Gasteiger charge is 2.06. The first-order valence-electron chi connectivity index (χ1n) is 5.64. The van der Waals surface area contributed by atoms with Gasteiger partial charge in [-0.05, 0) is 30.2 Å². The summed E-state index contributed by atoms with van der Waals surface area (Å²) in [5, 5.41) is 1.45. The van der Waals surface area contributed by atoms with Crippen molar-refractivity contribution in [2.24, 2.45) is 0 Å². The number of hydrogen-bond donors (Lipinski definition) is 0. The normalized spacial score (nSPS) is 10.8. The largest absolute Gasteiger partial charge is 0.330 e. The standard InChI is InChI=1S/C13H14Cl2N2/c1-2-3-13-16-6-7-17(13)9-10-8-11(14)4-5-12(10)15/h4-8H,2-3,9H2,1H3. The lowest BCUT2D eigenvalue weighted by atomic mass is 10.2. The Kier molecular flexibility index (Phi) is 4.08. The van der Waals surface area contributed by atoms with Crippen LogP contribution in [0.25, 0.3) is 0 Å². The van der Waals surface area contributed by atoms with Gasteiger partial charge in [0.25, 0.3) is 0 Å². The van der Waals surface area contributed by atoms with Gasteiger partial charge in [0.15, 0.2) is 0 Å². The van der Waals surface area contributed by atoms with Gasteiger partial charge in [0.1, 0.15) is 5.82 Å². The van der Waals surface area contributed by atoms with Crippen molar-refractivity contribution in [3.63, 3.8) is 0 Å². The topological polar surface area (TPSA) is 17.8 Å². The van der Waals surface area contributed by atoms with Crippen molar-refractivity contribution < 1.29 is 0 Å². The minimum atomic E-state index is 0.710. The lowest BCUT2D eigenvalue weighted by Crippen LogP contribution is -2.04. The van der Waals surface area contributed by atoms with E-state index in [0.29, 0.717) is 11.6 Å². The summed E-state index contributed by atoms with van der Waals surface area (Å²) in [6.45, 7) is 2.86. The summed E-state index contributed by atoms with van der Waals surface area (Å²) in [6.07, 6.45) is 5.86. The van der Waals surface area contributed by atoms with Crippen molar-refractivity contribution in [2.45, 2.75) is 26.3 Å². The Labute approximate surface area is 111 Å². The van der Waals surface area contributed by atoms with Crippen LogP contribution in [0.4, 0.5) is 0 Å². The van der Waals surface area contributed by atoms with E-state index in [-0.39, 0.29) is 0 Å². The predicted octanol–water partition coefficient (Wildman–Crippen LogP) is 4.19. The van der Waals surface area contributed by atoms with E-state index < -0.39 is 0 Å². The quantitative estimate of drug-likeness (QED) is 0.813. The highest BCUT2D eigenvalue weighted by molar-refractivity contribution is 6.33. The van der Waals surface area contributed by atoms with Crippen LogP contribution in [0.3, 0.4) is 0 Å². The molecule has 1 aromatic heterocycles. The second kappa shape index (κ2) is 5.56. The summed E-state index contributed by atoms with van der Waals surface area (Å²) in [6, 6.07) is 5.53. The van der Waals surface area contributed by atoms with Crippen molar-refractivity contribution in [2.75, 3.05) is 0 Å². The first kappa shape index (κ1) is 12.5. The number of imidazole rings is 1. The van der Waals surface area contributed by atoms with E-state index in [1.807, 2.05) is 24.5 Å². The maximum absolute atomic E-state index is 6.15. The second-order valence-corrected chi connectivity index (χ2v) is 4.80. The van der Waals surface area contributed by atoms with Gasteiger partial charge in [-0.15, -0.1) is 0 Å². The van der Waals surface area contributed by atoms with Crippen LogP contribution in [-0.2, 0) is 13.0 Å².